The minimum atomic E-state index is -0.783. The van der Waals surface area contributed by atoms with E-state index >= 15 is 0 Å². The van der Waals surface area contributed by atoms with Crippen molar-refractivity contribution in [2.75, 3.05) is 26.0 Å². The minimum absolute atomic E-state index is 0.0457. The van der Waals surface area contributed by atoms with Crippen LogP contribution in [0, 0.1) is 0 Å². The third-order valence-electron chi connectivity index (χ3n) is 4.77. The molecule has 8 nitrogen and oxygen atoms in total. The summed E-state index contributed by atoms with van der Waals surface area (Å²) in [5, 5.41) is 13.1. The zero-order valence-electron chi connectivity index (χ0n) is 16.7. The van der Waals surface area contributed by atoms with Gasteiger partial charge in [0, 0.05) is 29.0 Å². The Kier molecular flexibility index (Phi) is 6.49. The molecule has 1 aromatic carbocycles. The van der Waals surface area contributed by atoms with Crippen LogP contribution < -0.4 is 10.9 Å². The number of aryl methyl sites for hydroxylation is 1. The molecule has 1 aliphatic rings. The van der Waals surface area contributed by atoms with Crippen molar-refractivity contribution in [3.8, 4) is 17.1 Å². The van der Waals surface area contributed by atoms with Gasteiger partial charge in [-0.05, 0) is 32.1 Å². The van der Waals surface area contributed by atoms with Crippen LogP contribution in [0.3, 0.4) is 0 Å². The molecule has 1 aromatic heterocycles. The maximum atomic E-state index is 12.4. The van der Waals surface area contributed by atoms with Gasteiger partial charge in [0.25, 0.3) is 5.56 Å². The highest BCUT2D eigenvalue weighted by molar-refractivity contribution is 7.98. The van der Waals surface area contributed by atoms with Gasteiger partial charge in [0.15, 0.2) is 0 Å². The Hall–Kier alpha value is -2.52. The average molecular weight is 420 g/mol. The Morgan fingerprint density at radius 3 is 2.93 bits per heavy atom. The molecule has 0 fully saturated rings. The van der Waals surface area contributed by atoms with Crippen LogP contribution in [-0.4, -0.2) is 47.2 Å². The summed E-state index contributed by atoms with van der Waals surface area (Å²) in [6.07, 6.45) is 0.241. The summed E-state index contributed by atoms with van der Waals surface area (Å²) in [5.41, 5.74) is 1.88. The number of thioether (sulfide) groups is 1. The molecule has 2 aromatic rings. The van der Waals surface area contributed by atoms with Crippen LogP contribution in [0.5, 0.6) is 5.75 Å². The first-order chi connectivity index (χ1) is 13.8. The topological polar surface area (TPSA) is 114 Å². The second-order valence-electron chi connectivity index (χ2n) is 7.15. The maximum Gasteiger partial charge on any atom is 0.406 e. The number of rotatable bonds is 6. The van der Waals surface area contributed by atoms with E-state index in [0.717, 1.165) is 23.4 Å². The Balaban J connectivity index is 1.77. The maximum absolute atomic E-state index is 12.4. The third kappa shape index (κ3) is 4.91. The quantitative estimate of drug-likeness (QED) is 0.617. The number of aromatic nitrogens is 2. The van der Waals surface area contributed by atoms with Crippen LogP contribution in [0.4, 0.5) is 4.79 Å². The van der Waals surface area contributed by atoms with Gasteiger partial charge in [0.2, 0.25) is 0 Å². The van der Waals surface area contributed by atoms with E-state index in [-0.39, 0.29) is 24.5 Å². The first-order valence-corrected chi connectivity index (χ1v) is 10.5. The number of hydrogen-bond acceptors (Lipinski definition) is 7. The van der Waals surface area contributed by atoms with Gasteiger partial charge in [-0.2, -0.15) is 11.8 Å². The first kappa shape index (κ1) is 21.2. The predicted octanol–water partition coefficient (Wildman–Crippen LogP) is 2.54. The number of alkyl carbamates (subject to hydrolysis) is 1. The van der Waals surface area contributed by atoms with Crippen molar-refractivity contribution in [3.63, 3.8) is 0 Å². The summed E-state index contributed by atoms with van der Waals surface area (Å²) in [4.78, 5) is 30.9. The van der Waals surface area contributed by atoms with Crippen LogP contribution >= 0.6 is 11.8 Å². The number of nitrogens with one attached hydrogen (secondary N) is 2. The molecule has 0 aliphatic carbocycles. The van der Waals surface area contributed by atoms with E-state index in [1.54, 1.807) is 30.0 Å². The fourth-order valence-electron chi connectivity index (χ4n) is 3.18. The Morgan fingerprint density at radius 1 is 1.41 bits per heavy atom. The third-order valence-corrected chi connectivity index (χ3v) is 5.76. The average Bonchev–Trinajstić information content (AvgIpc) is 2.70. The fraction of sp³-hybridized carbons (Fsp3) is 0.450. The van der Waals surface area contributed by atoms with Crippen LogP contribution in [0.2, 0.25) is 0 Å². The fourth-order valence-corrected chi connectivity index (χ4v) is 4.16. The van der Waals surface area contributed by atoms with E-state index in [0.29, 0.717) is 22.7 Å². The highest BCUT2D eigenvalue weighted by atomic mass is 32.2. The number of aromatic amines is 1. The van der Waals surface area contributed by atoms with Gasteiger partial charge >= 0.3 is 6.09 Å². The molecule has 9 heteroatoms. The molecule has 3 rings (SSSR count). The molecular weight excluding hydrogens is 394 g/mol. The van der Waals surface area contributed by atoms with Crippen molar-refractivity contribution in [1.29, 1.82) is 0 Å². The Bertz CT molecular complexity index is 958. The van der Waals surface area contributed by atoms with Crippen molar-refractivity contribution < 1.29 is 19.4 Å². The Labute approximate surface area is 173 Å². The number of aromatic hydroxyl groups is 1. The summed E-state index contributed by atoms with van der Waals surface area (Å²) in [6.45, 7) is 4.20. The molecule has 29 heavy (non-hydrogen) atoms. The molecular formula is C20H25N3O5S. The largest absolute Gasteiger partial charge is 0.508 e. The highest BCUT2D eigenvalue weighted by Crippen LogP contribution is 2.34. The second kappa shape index (κ2) is 8.87. The zero-order chi connectivity index (χ0) is 21.0. The van der Waals surface area contributed by atoms with E-state index < -0.39 is 11.7 Å². The number of carbonyl (C=O) groups is 1. The lowest BCUT2D eigenvalue weighted by atomic mass is 9.95. The smallest absolute Gasteiger partial charge is 0.406 e. The van der Waals surface area contributed by atoms with Gasteiger partial charge < -0.3 is 24.9 Å². The molecule has 1 aliphatic heterocycles. The molecule has 0 atom stereocenters. The molecule has 0 saturated heterocycles. The van der Waals surface area contributed by atoms with Crippen LogP contribution in [0.25, 0.3) is 11.4 Å². The second-order valence-corrected chi connectivity index (χ2v) is 8.26. The van der Waals surface area contributed by atoms with Crippen LogP contribution in [-0.2, 0) is 27.2 Å². The van der Waals surface area contributed by atoms with Gasteiger partial charge in [0.1, 0.15) is 11.6 Å². The van der Waals surface area contributed by atoms with E-state index in [9.17, 15) is 14.7 Å². The summed E-state index contributed by atoms with van der Waals surface area (Å²) >= 11 is 1.73. The molecule has 0 unspecified atom stereocenters. The number of carbonyl (C=O) groups excluding carboxylic acids is 1. The van der Waals surface area contributed by atoms with Gasteiger partial charge in [-0.25, -0.2) is 9.78 Å². The number of methoxy groups -OCH3 is 1. The molecule has 2 heterocycles. The molecule has 0 radical (unpaired) electrons. The number of benzene rings is 1. The summed E-state index contributed by atoms with van der Waals surface area (Å²) in [7, 11) is 1.29. The standard InChI is InChI=1S/C20H25N3O5S/c1-20(2,28-8-7-21-19(26)27-3)14-5-4-12(10-16(14)24)17-22-15-6-9-29-11-13(15)18(25)23-17/h4-5,10,24H,6-9,11H2,1-3H3,(H,21,26)(H,22,23,25). The van der Waals surface area contributed by atoms with Crippen LogP contribution in [0.15, 0.2) is 23.0 Å². The lowest BCUT2D eigenvalue weighted by Gasteiger charge is -2.27. The monoisotopic (exact) mass is 419 g/mol. The van der Waals surface area contributed by atoms with E-state index in [2.05, 4.69) is 20.0 Å². The molecule has 0 saturated carbocycles. The molecule has 156 valence electrons. The number of ether oxygens (including phenoxy) is 2. The number of fused-ring (bicyclic) bond motifs is 1. The van der Waals surface area contributed by atoms with E-state index in [1.807, 2.05) is 13.8 Å². The summed E-state index contributed by atoms with van der Waals surface area (Å²) < 4.78 is 10.3. The van der Waals surface area contributed by atoms with Gasteiger partial charge in [-0.1, -0.05) is 12.1 Å². The molecule has 3 N–H and O–H groups in total. The van der Waals surface area contributed by atoms with Gasteiger partial charge in [0.05, 0.1) is 25.0 Å². The number of phenolic OH excluding ortho intramolecular Hbond substituents is 1. The lowest BCUT2D eigenvalue weighted by molar-refractivity contribution is -0.0209. The molecule has 0 bridgehead atoms. The van der Waals surface area contributed by atoms with Crippen molar-refractivity contribution in [1.82, 2.24) is 15.3 Å². The number of H-pyrrole nitrogens is 1. The predicted molar refractivity (Wildman–Crippen MR) is 111 cm³/mol. The Morgan fingerprint density at radius 2 is 2.21 bits per heavy atom. The van der Waals surface area contributed by atoms with Gasteiger partial charge in [-0.15, -0.1) is 0 Å². The van der Waals surface area contributed by atoms with Crippen molar-refractivity contribution >= 4 is 17.9 Å². The van der Waals surface area contributed by atoms with Gasteiger partial charge in [-0.3, -0.25) is 4.79 Å². The van der Waals surface area contributed by atoms with Crippen molar-refractivity contribution in [2.24, 2.45) is 0 Å². The first-order valence-electron chi connectivity index (χ1n) is 9.31. The number of amides is 1. The number of hydrogen-bond donors (Lipinski definition) is 3. The molecule has 0 spiro atoms. The molecule has 1 amide bonds. The summed E-state index contributed by atoms with van der Waals surface area (Å²) in [5.74, 6) is 2.12. The van der Waals surface area contributed by atoms with Crippen LogP contribution in [0.1, 0.15) is 30.7 Å². The normalized spacial score (nSPS) is 13.6. The highest BCUT2D eigenvalue weighted by Gasteiger charge is 2.25. The van der Waals surface area contributed by atoms with Crippen molar-refractivity contribution in [3.05, 3.63) is 45.4 Å². The zero-order valence-corrected chi connectivity index (χ0v) is 17.5. The minimum Gasteiger partial charge on any atom is -0.508 e. The number of nitrogens with zero attached hydrogens (tertiary/aromatic N) is 1. The van der Waals surface area contributed by atoms with E-state index in [4.69, 9.17) is 4.74 Å². The van der Waals surface area contributed by atoms with E-state index in [1.165, 1.54) is 7.11 Å². The van der Waals surface area contributed by atoms with Crippen molar-refractivity contribution in [2.45, 2.75) is 31.6 Å². The number of phenols is 1. The SMILES string of the molecule is COC(=O)NCCOC(C)(C)c1ccc(-c2nc3c(c(=O)[nH]2)CSCC3)cc1O. The summed E-state index contributed by atoms with van der Waals surface area (Å²) in [6, 6.07) is 5.14. The lowest BCUT2D eigenvalue weighted by Crippen LogP contribution is -2.31.